The fourth-order valence-electron chi connectivity index (χ4n) is 3.90. The van der Waals surface area contributed by atoms with Crippen LogP contribution in [-0.4, -0.2) is 26.1 Å². The highest BCUT2D eigenvalue weighted by molar-refractivity contribution is 9.10. The third-order valence-electron chi connectivity index (χ3n) is 5.44. The first-order chi connectivity index (χ1) is 13.2. The molecule has 6 nitrogen and oxygen atoms in total. The Morgan fingerprint density at radius 2 is 1.89 bits per heavy atom. The van der Waals surface area contributed by atoms with Crippen molar-refractivity contribution < 1.29 is 0 Å². The van der Waals surface area contributed by atoms with Crippen LogP contribution in [0.4, 0.5) is 5.95 Å². The first-order valence-corrected chi connectivity index (χ1v) is 10.2. The monoisotopic (exact) mass is 425 g/mol. The van der Waals surface area contributed by atoms with Gasteiger partial charge in [-0.2, -0.15) is 0 Å². The van der Waals surface area contributed by atoms with Gasteiger partial charge in [-0.1, -0.05) is 12.1 Å². The Bertz CT molecular complexity index is 1040. The number of hydrogen-bond acceptors (Lipinski definition) is 5. The van der Waals surface area contributed by atoms with Gasteiger partial charge >= 0.3 is 0 Å². The lowest BCUT2D eigenvalue weighted by atomic mass is 10.1. The Balaban J connectivity index is 1.63. The van der Waals surface area contributed by atoms with Crippen LogP contribution in [0.25, 0.3) is 10.9 Å². The lowest BCUT2D eigenvalue weighted by Gasteiger charge is -2.26. The second-order valence-corrected chi connectivity index (χ2v) is 8.31. The molecular weight excluding hydrogens is 406 g/mol. The molecule has 2 aromatic heterocycles. The molecule has 5 rings (SSSR count). The summed E-state index contributed by atoms with van der Waals surface area (Å²) in [6, 6.07) is 7.68. The van der Waals surface area contributed by atoms with E-state index in [0.29, 0.717) is 17.3 Å². The topological polar surface area (TPSA) is 63.9 Å². The van der Waals surface area contributed by atoms with Gasteiger partial charge in [-0.3, -0.25) is 9.36 Å². The summed E-state index contributed by atoms with van der Waals surface area (Å²) in [4.78, 5) is 29.3. The van der Waals surface area contributed by atoms with Gasteiger partial charge < -0.3 is 4.90 Å². The minimum absolute atomic E-state index is 0.0298. The maximum absolute atomic E-state index is 13.2. The van der Waals surface area contributed by atoms with Crippen LogP contribution in [-0.2, 0) is 6.54 Å². The Hall–Kier alpha value is -2.28. The average Bonchev–Trinajstić information content (AvgIpc) is 3.38. The number of anilines is 1. The fraction of sp³-hybridized carbons (Fsp3) is 0.400. The number of halogens is 1. The van der Waals surface area contributed by atoms with Crippen LogP contribution in [0.2, 0.25) is 0 Å². The molecule has 1 saturated heterocycles. The lowest BCUT2D eigenvalue weighted by molar-refractivity contribution is 0.524. The van der Waals surface area contributed by atoms with Gasteiger partial charge in [0.25, 0.3) is 5.56 Å². The smallest absolute Gasteiger partial charge is 0.261 e. The van der Waals surface area contributed by atoms with Crippen LogP contribution < -0.4 is 10.5 Å². The molecule has 0 radical (unpaired) electrons. The third kappa shape index (κ3) is 3.14. The predicted molar refractivity (Wildman–Crippen MR) is 108 cm³/mol. The van der Waals surface area contributed by atoms with Crippen LogP contribution in [0, 0.1) is 5.92 Å². The maximum atomic E-state index is 13.2. The van der Waals surface area contributed by atoms with Gasteiger partial charge in [-0.05, 0) is 59.7 Å². The highest BCUT2D eigenvalue weighted by Gasteiger charge is 2.33. The summed E-state index contributed by atoms with van der Waals surface area (Å²) in [7, 11) is 0. The van der Waals surface area contributed by atoms with Gasteiger partial charge in [0.2, 0.25) is 5.95 Å². The van der Waals surface area contributed by atoms with E-state index < -0.39 is 0 Å². The molecule has 7 heteroatoms. The van der Waals surface area contributed by atoms with Crippen molar-refractivity contribution in [3.8, 4) is 0 Å². The van der Waals surface area contributed by atoms with Gasteiger partial charge in [-0.15, -0.1) is 0 Å². The molecule has 1 aliphatic heterocycles. The Labute approximate surface area is 165 Å². The Kier molecular flexibility index (Phi) is 4.19. The minimum atomic E-state index is 0.0298. The first-order valence-electron chi connectivity index (χ1n) is 9.44. The van der Waals surface area contributed by atoms with E-state index in [9.17, 15) is 4.79 Å². The van der Waals surface area contributed by atoms with Crippen molar-refractivity contribution in [3.05, 3.63) is 57.3 Å². The molecule has 2 aliphatic rings. The van der Waals surface area contributed by atoms with Crippen molar-refractivity contribution in [1.82, 2.24) is 19.5 Å². The summed E-state index contributed by atoms with van der Waals surface area (Å²) in [5, 5.41) is 0.700. The Morgan fingerprint density at radius 3 is 2.67 bits per heavy atom. The molecule has 0 spiro atoms. The molecule has 1 atom stereocenters. The van der Waals surface area contributed by atoms with Crippen LogP contribution in [0.1, 0.15) is 37.5 Å². The van der Waals surface area contributed by atoms with Crippen LogP contribution in [0.5, 0.6) is 0 Å². The van der Waals surface area contributed by atoms with E-state index in [2.05, 4.69) is 30.8 Å². The summed E-state index contributed by atoms with van der Waals surface area (Å²) in [6.45, 7) is 1.63. The molecule has 0 N–H and O–H groups in total. The van der Waals surface area contributed by atoms with Gasteiger partial charge in [0.15, 0.2) is 0 Å². The summed E-state index contributed by atoms with van der Waals surface area (Å²) in [5.41, 5.74) is 0.846. The predicted octanol–water partition coefficient (Wildman–Crippen LogP) is 3.70. The van der Waals surface area contributed by atoms with E-state index in [4.69, 9.17) is 4.98 Å². The van der Waals surface area contributed by atoms with Crippen molar-refractivity contribution in [2.45, 2.75) is 38.3 Å². The molecule has 3 heterocycles. The molecule has 27 heavy (non-hydrogen) atoms. The van der Waals surface area contributed by atoms with Crippen LogP contribution in [0.3, 0.4) is 0 Å². The van der Waals surface area contributed by atoms with Gasteiger partial charge in [-0.25, -0.2) is 15.0 Å². The van der Waals surface area contributed by atoms with Gasteiger partial charge in [0, 0.05) is 25.5 Å². The van der Waals surface area contributed by atoms with E-state index in [0.717, 1.165) is 41.7 Å². The van der Waals surface area contributed by atoms with Crippen LogP contribution >= 0.6 is 15.9 Å². The SMILES string of the molecule is O=c1c2ccccc2nc(C2CCCN2c2ncc(Br)cn2)n1CC1CC1. The summed E-state index contributed by atoms with van der Waals surface area (Å²) < 4.78 is 2.78. The molecule has 0 bridgehead atoms. The van der Waals surface area contributed by atoms with Crippen molar-refractivity contribution in [3.63, 3.8) is 0 Å². The van der Waals surface area contributed by atoms with Gasteiger partial charge in [0.05, 0.1) is 21.4 Å². The molecule has 1 aromatic carbocycles. The minimum Gasteiger partial charge on any atom is -0.331 e. The van der Waals surface area contributed by atoms with Crippen molar-refractivity contribution in [1.29, 1.82) is 0 Å². The summed E-state index contributed by atoms with van der Waals surface area (Å²) in [6.07, 6.45) is 7.92. The van der Waals surface area contributed by atoms with Crippen LogP contribution in [0.15, 0.2) is 45.9 Å². The number of para-hydroxylation sites is 1. The standard InChI is InChI=1S/C20H20BrN5O/c21-14-10-22-20(23-11-14)25-9-3-6-17(25)18-24-16-5-2-1-4-15(16)19(27)26(18)12-13-7-8-13/h1-2,4-5,10-11,13,17H,3,6-9,12H2. The summed E-state index contributed by atoms with van der Waals surface area (Å²) in [5.74, 6) is 2.15. The molecule has 2 fully saturated rings. The normalized spacial score (nSPS) is 19.7. The lowest BCUT2D eigenvalue weighted by Crippen LogP contribution is -2.33. The third-order valence-corrected chi connectivity index (χ3v) is 5.85. The molecule has 1 saturated carbocycles. The average molecular weight is 426 g/mol. The highest BCUT2D eigenvalue weighted by atomic mass is 79.9. The second-order valence-electron chi connectivity index (χ2n) is 7.40. The number of benzene rings is 1. The van der Waals surface area contributed by atoms with Crippen molar-refractivity contribution >= 4 is 32.8 Å². The molecular formula is C20H20BrN5O. The quantitative estimate of drug-likeness (QED) is 0.637. The Morgan fingerprint density at radius 1 is 1.11 bits per heavy atom. The zero-order valence-corrected chi connectivity index (χ0v) is 16.5. The zero-order valence-electron chi connectivity index (χ0n) is 14.9. The number of fused-ring (bicyclic) bond motifs is 1. The first kappa shape index (κ1) is 16.9. The highest BCUT2D eigenvalue weighted by Crippen LogP contribution is 2.36. The molecule has 1 unspecified atom stereocenters. The molecule has 0 amide bonds. The number of rotatable bonds is 4. The second kappa shape index (κ2) is 6.71. The zero-order chi connectivity index (χ0) is 18.4. The van der Waals surface area contributed by atoms with Gasteiger partial charge in [0.1, 0.15) is 5.82 Å². The van der Waals surface area contributed by atoms with Crippen molar-refractivity contribution in [2.75, 3.05) is 11.4 Å². The van der Waals surface area contributed by atoms with E-state index in [1.165, 1.54) is 12.8 Å². The molecule has 3 aromatic rings. The summed E-state index contributed by atoms with van der Waals surface area (Å²) >= 11 is 3.40. The van der Waals surface area contributed by atoms with E-state index in [1.807, 2.05) is 28.8 Å². The largest absolute Gasteiger partial charge is 0.331 e. The van der Waals surface area contributed by atoms with E-state index >= 15 is 0 Å². The molecule has 1 aliphatic carbocycles. The van der Waals surface area contributed by atoms with E-state index in [-0.39, 0.29) is 11.6 Å². The number of aromatic nitrogens is 4. The number of nitrogens with zero attached hydrogens (tertiary/aromatic N) is 5. The van der Waals surface area contributed by atoms with E-state index in [1.54, 1.807) is 12.4 Å². The molecule has 138 valence electrons. The fourth-order valence-corrected chi connectivity index (χ4v) is 4.11. The van der Waals surface area contributed by atoms with Crippen molar-refractivity contribution in [2.24, 2.45) is 5.92 Å². The number of hydrogen-bond donors (Lipinski definition) is 0. The maximum Gasteiger partial charge on any atom is 0.261 e.